The Bertz CT molecular complexity index is 1330. The lowest BCUT2D eigenvalue weighted by Gasteiger charge is -2.28. The molecule has 0 aliphatic carbocycles. The first kappa shape index (κ1) is 28.3. The summed E-state index contributed by atoms with van der Waals surface area (Å²) in [6.45, 7) is 9.36. The van der Waals surface area contributed by atoms with E-state index in [1.165, 1.54) is 22.3 Å². The highest BCUT2D eigenvalue weighted by atomic mass is 79.9. The number of benzene rings is 4. The van der Waals surface area contributed by atoms with Gasteiger partial charge in [-0.1, -0.05) is 94.8 Å². The molecule has 0 saturated heterocycles. The van der Waals surface area contributed by atoms with Gasteiger partial charge in [0.2, 0.25) is 0 Å². The highest BCUT2D eigenvalue weighted by molar-refractivity contribution is 9.10. The Kier molecular flexibility index (Phi) is 10.5. The van der Waals surface area contributed by atoms with E-state index in [9.17, 15) is 0 Å². The van der Waals surface area contributed by atoms with E-state index in [1.807, 2.05) is 55.7 Å². The van der Waals surface area contributed by atoms with Gasteiger partial charge in [-0.05, 0) is 72.6 Å². The summed E-state index contributed by atoms with van der Waals surface area (Å²) in [5.41, 5.74) is 5.03. The Morgan fingerprint density at radius 1 is 0.795 bits per heavy atom. The van der Waals surface area contributed by atoms with Crippen molar-refractivity contribution in [3.63, 3.8) is 0 Å². The summed E-state index contributed by atoms with van der Waals surface area (Å²) in [5.74, 6) is 2.66. The molecule has 4 aromatic carbocycles. The number of hydrogen-bond acceptors (Lipinski definition) is 3. The first-order valence-electron chi connectivity index (χ1n) is 13.2. The zero-order valence-corrected chi connectivity index (χ0v) is 24.3. The van der Waals surface area contributed by atoms with E-state index < -0.39 is 0 Å². The summed E-state index contributed by atoms with van der Waals surface area (Å²) in [5, 5.41) is 0. The molecule has 39 heavy (non-hydrogen) atoms. The van der Waals surface area contributed by atoms with Crippen LogP contribution in [0.2, 0.25) is 0 Å². The van der Waals surface area contributed by atoms with Gasteiger partial charge in [-0.15, -0.1) is 0 Å². The van der Waals surface area contributed by atoms with Crippen molar-refractivity contribution in [3.8, 4) is 11.5 Å². The summed E-state index contributed by atoms with van der Waals surface area (Å²) in [7, 11) is 1.86. The number of aliphatic imine (C=N–C) groups is 1. The molecule has 0 aromatic heterocycles. The van der Waals surface area contributed by atoms with Gasteiger partial charge in [0.05, 0.1) is 6.54 Å². The van der Waals surface area contributed by atoms with E-state index in [2.05, 4.69) is 105 Å². The Labute approximate surface area is 241 Å². The van der Waals surface area contributed by atoms with Crippen LogP contribution in [0.5, 0.6) is 11.5 Å². The van der Waals surface area contributed by atoms with Crippen LogP contribution in [-0.2, 0) is 19.5 Å². The zero-order valence-electron chi connectivity index (χ0n) is 22.8. The van der Waals surface area contributed by atoms with E-state index in [0.29, 0.717) is 6.54 Å². The summed E-state index contributed by atoms with van der Waals surface area (Å²) in [6, 6.07) is 35.4. The third kappa shape index (κ3) is 8.95. The van der Waals surface area contributed by atoms with E-state index in [1.54, 1.807) is 0 Å². The summed E-state index contributed by atoms with van der Waals surface area (Å²) in [6.07, 6.45) is 2.83. The Balaban J connectivity index is 1.47. The molecule has 0 heterocycles. The van der Waals surface area contributed by atoms with Crippen LogP contribution in [0.4, 0.5) is 0 Å². The number of hydrogen-bond donors (Lipinski definition) is 0. The molecular formula is C34H36BrN3O. The first-order valence-corrected chi connectivity index (χ1v) is 14.0. The third-order valence-corrected chi connectivity index (χ3v) is 7.12. The minimum atomic E-state index is 0.715. The fourth-order valence-corrected chi connectivity index (χ4v) is 4.60. The van der Waals surface area contributed by atoms with Gasteiger partial charge in [0.1, 0.15) is 17.3 Å². The molecule has 0 unspecified atom stereocenters. The Morgan fingerprint density at radius 2 is 1.38 bits per heavy atom. The Hall–Kier alpha value is -3.67. The van der Waals surface area contributed by atoms with Gasteiger partial charge >= 0.3 is 0 Å². The molecule has 4 rings (SSSR count). The fourth-order valence-electron chi connectivity index (χ4n) is 4.34. The SMILES string of the molecule is C=CN(Cc1ccc(C)cc1)C(CN(CCc1ccc(Br)cc1)Cc1ccc(Oc2ccccc2)cc1)=NC. The second kappa shape index (κ2) is 14.5. The lowest BCUT2D eigenvalue weighted by molar-refractivity contribution is 0.296. The zero-order chi connectivity index (χ0) is 27.5. The Morgan fingerprint density at radius 3 is 2.03 bits per heavy atom. The van der Waals surface area contributed by atoms with Crippen LogP contribution in [0.15, 0.2) is 125 Å². The number of para-hydroxylation sites is 1. The van der Waals surface area contributed by atoms with Gasteiger partial charge in [0, 0.05) is 31.2 Å². The maximum atomic E-state index is 5.99. The van der Waals surface area contributed by atoms with Gasteiger partial charge in [0.15, 0.2) is 0 Å². The van der Waals surface area contributed by atoms with E-state index in [0.717, 1.165) is 47.9 Å². The maximum absolute atomic E-state index is 5.99. The number of nitrogens with zero attached hydrogens (tertiary/aromatic N) is 3. The van der Waals surface area contributed by atoms with Crippen LogP contribution in [0.25, 0.3) is 0 Å². The summed E-state index contributed by atoms with van der Waals surface area (Å²) in [4.78, 5) is 9.28. The molecule has 0 atom stereocenters. The van der Waals surface area contributed by atoms with Crippen molar-refractivity contribution < 1.29 is 4.74 Å². The molecule has 0 saturated carbocycles. The van der Waals surface area contributed by atoms with Gasteiger partial charge in [-0.2, -0.15) is 0 Å². The summed E-state index contributed by atoms with van der Waals surface area (Å²) < 4.78 is 7.09. The molecule has 0 spiro atoms. The molecule has 4 aromatic rings. The van der Waals surface area contributed by atoms with Crippen molar-refractivity contribution >= 4 is 21.8 Å². The average Bonchev–Trinajstić information content (AvgIpc) is 2.96. The van der Waals surface area contributed by atoms with Crippen molar-refractivity contribution in [1.82, 2.24) is 9.80 Å². The molecular weight excluding hydrogens is 546 g/mol. The number of halogens is 1. The molecule has 0 bridgehead atoms. The van der Waals surface area contributed by atoms with Crippen LogP contribution < -0.4 is 4.74 Å². The maximum Gasteiger partial charge on any atom is 0.127 e. The van der Waals surface area contributed by atoms with E-state index in [4.69, 9.17) is 4.74 Å². The molecule has 0 aliphatic heterocycles. The van der Waals surface area contributed by atoms with Crippen LogP contribution >= 0.6 is 15.9 Å². The first-order chi connectivity index (χ1) is 19.0. The number of ether oxygens (including phenoxy) is 1. The van der Waals surface area contributed by atoms with Crippen LogP contribution in [0.3, 0.4) is 0 Å². The van der Waals surface area contributed by atoms with Crippen molar-refractivity contribution in [2.75, 3.05) is 20.1 Å². The predicted molar refractivity (Wildman–Crippen MR) is 166 cm³/mol. The molecule has 0 amide bonds. The molecule has 5 heteroatoms. The number of rotatable bonds is 12. The monoisotopic (exact) mass is 581 g/mol. The molecule has 200 valence electrons. The normalized spacial score (nSPS) is 11.4. The van der Waals surface area contributed by atoms with E-state index >= 15 is 0 Å². The van der Waals surface area contributed by atoms with Gasteiger partial charge in [-0.25, -0.2) is 0 Å². The largest absolute Gasteiger partial charge is 0.457 e. The lowest BCUT2D eigenvalue weighted by atomic mass is 10.1. The summed E-state index contributed by atoms with van der Waals surface area (Å²) >= 11 is 3.54. The van der Waals surface area contributed by atoms with Crippen LogP contribution in [-0.4, -0.2) is 35.8 Å². The highest BCUT2D eigenvalue weighted by Crippen LogP contribution is 2.22. The molecule has 0 fully saturated rings. The van der Waals surface area contributed by atoms with Crippen molar-refractivity contribution in [2.45, 2.75) is 26.4 Å². The molecule has 0 radical (unpaired) electrons. The van der Waals surface area contributed by atoms with Crippen molar-refractivity contribution in [1.29, 1.82) is 0 Å². The van der Waals surface area contributed by atoms with Gasteiger partial charge in [0.25, 0.3) is 0 Å². The average molecular weight is 583 g/mol. The standard InChI is InChI=1S/C34H36BrN3O/c1-4-38(25-30-12-10-27(2)11-13-30)34(36-3)26-37(23-22-28-14-18-31(35)19-15-28)24-29-16-20-33(21-17-29)39-32-8-6-5-7-9-32/h4-21H,1,22-26H2,2-3H3. The minimum absolute atomic E-state index is 0.715. The second-order valence-electron chi connectivity index (χ2n) is 9.58. The van der Waals surface area contributed by atoms with Crippen molar-refractivity contribution in [3.05, 3.63) is 143 Å². The highest BCUT2D eigenvalue weighted by Gasteiger charge is 2.15. The van der Waals surface area contributed by atoms with Gasteiger partial charge in [-0.3, -0.25) is 9.89 Å². The molecule has 0 aliphatic rings. The predicted octanol–water partition coefficient (Wildman–Crippen LogP) is 8.27. The number of amidine groups is 1. The van der Waals surface area contributed by atoms with Crippen LogP contribution in [0, 0.1) is 6.92 Å². The topological polar surface area (TPSA) is 28.1 Å². The smallest absolute Gasteiger partial charge is 0.127 e. The fraction of sp³-hybridized carbons (Fsp3) is 0.206. The minimum Gasteiger partial charge on any atom is -0.457 e. The van der Waals surface area contributed by atoms with E-state index in [-0.39, 0.29) is 0 Å². The van der Waals surface area contributed by atoms with Crippen molar-refractivity contribution in [2.24, 2.45) is 4.99 Å². The molecule has 0 N–H and O–H groups in total. The number of aryl methyl sites for hydroxylation is 1. The quantitative estimate of drug-likeness (QED) is 0.124. The van der Waals surface area contributed by atoms with Crippen LogP contribution in [0.1, 0.15) is 22.3 Å². The molecule has 4 nitrogen and oxygen atoms in total. The second-order valence-corrected chi connectivity index (χ2v) is 10.5. The third-order valence-electron chi connectivity index (χ3n) is 6.59. The van der Waals surface area contributed by atoms with Gasteiger partial charge < -0.3 is 9.64 Å². The lowest BCUT2D eigenvalue weighted by Crippen LogP contribution is -2.38.